The quantitative estimate of drug-likeness (QED) is 0.512. The summed E-state index contributed by atoms with van der Waals surface area (Å²) in [7, 11) is 1.88. The number of nitrogens with zero attached hydrogens (tertiary/aromatic N) is 3. The minimum atomic E-state index is -0.495. The number of aryl methyl sites for hydroxylation is 1. The first kappa shape index (κ1) is 11.5. The zero-order valence-corrected chi connectivity index (χ0v) is 9.85. The van der Waals surface area contributed by atoms with Gasteiger partial charge in [0.15, 0.2) is 5.16 Å². The SMILES string of the molecule is Cn1ccnc1Sc1ccc([N+](=O)[O-])c(N)c1. The van der Waals surface area contributed by atoms with Crippen LogP contribution in [0, 0.1) is 10.1 Å². The third kappa shape index (κ3) is 2.39. The monoisotopic (exact) mass is 250 g/mol. The van der Waals surface area contributed by atoms with Crippen LogP contribution in [0.25, 0.3) is 0 Å². The molecule has 0 fully saturated rings. The average molecular weight is 250 g/mol. The fourth-order valence-corrected chi connectivity index (χ4v) is 2.17. The highest BCUT2D eigenvalue weighted by Crippen LogP contribution is 2.31. The lowest BCUT2D eigenvalue weighted by Crippen LogP contribution is -1.95. The van der Waals surface area contributed by atoms with E-state index in [1.807, 2.05) is 17.8 Å². The third-order valence-electron chi connectivity index (χ3n) is 2.18. The van der Waals surface area contributed by atoms with Crippen molar-refractivity contribution in [2.24, 2.45) is 7.05 Å². The topological polar surface area (TPSA) is 87.0 Å². The Balaban J connectivity index is 2.27. The van der Waals surface area contributed by atoms with Crippen molar-refractivity contribution in [2.75, 3.05) is 5.73 Å². The lowest BCUT2D eigenvalue weighted by molar-refractivity contribution is -0.383. The molecule has 0 saturated carbocycles. The molecule has 0 saturated heterocycles. The van der Waals surface area contributed by atoms with Crippen molar-refractivity contribution in [1.82, 2.24) is 9.55 Å². The minimum absolute atomic E-state index is 0.0748. The molecule has 0 aliphatic carbocycles. The maximum Gasteiger partial charge on any atom is 0.292 e. The predicted molar refractivity (Wildman–Crippen MR) is 64.8 cm³/mol. The van der Waals surface area contributed by atoms with Gasteiger partial charge < -0.3 is 10.3 Å². The lowest BCUT2D eigenvalue weighted by atomic mass is 10.3. The molecule has 0 aliphatic rings. The number of hydrogen-bond acceptors (Lipinski definition) is 5. The van der Waals surface area contributed by atoms with Crippen molar-refractivity contribution in [1.29, 1.82) is 0 Å². The smallest absolute Gasteiger partial charge is 0.292 e. The van der Waals surface area contributed by atoms with E-state index in [0.717, 1.165) is 10.1 Å². The zero-order chi connectivity index (χ0) is 12.4. The number of nitro benzene ring substituents is 1. The zero-order valence-electron chi connectivity index (χ0n) is 9.03. The summed E-state index contributed by atoms with van der Waals surface area (Å²) < 4.78 is 1.86. The molecular formula is C10H10N4O2S. The minimum Gasteiger partial charge on any atom is -0.393 e. The van der Waals surface area contributed by atoms with Crippen LogP contribution >= 0.6 is 11.8 Å². The molecule has 1 heterocycles. The number of aromatic nitrogens is 2. The van der Waals surface area contributed by atoms with Crippen LogP contribution in [0.2, 0.25) is 0 Å². The fraction of sp³-hybridized carbons (Fsp3) is 0.100. The van der Waals surface area contributed by atoms with E-state index in [1.165, 1.54) is 17.8 Å². The van der Waals surface area contributed by atoms with Gasteiger partial charge in [0.2, 0.25) is 0 Å². The summed E-state index contributed by atoms with van der Waals surface area (Å²) in [6.45, 7) is 0. The van der Waals surface area contributed by atoms with Gasteiger partial charge in [-0.3, -0.25) is 10.1 Å². The highest BCUT2D eigenvalue weighted by atomic mass is 32.2. The van der Waals surface area contributed by atoms with Crippen molar-refractivity contribution in [3.05, 3.63) is 40.7 Å². The molecule has 0 atom stereocenters. The Morgan fingerprint density at radius 2 is 2.29 bits per heavy atom. The van der Waals surface area contributed by atoms with Crippen LogP contribution in [0.1, 0.15) is 0 Å². The first-order valence-corrected chi connectivity index (χ1v) is 5.58. The molecule has 7 heteroatoms. The number of anilines is 1. The molecule has 0 spiro atoms. The van der Waals surface area contributed by atoms with E-state index >= 15 is 0 Å². The van der Waals surface area contributed by atoms with Gasteiger partial charge in [0, 0.05) is 30.4 Å². The third-order valence-corrected chi connectivity index (χ3v) is 3.25. The first-order chi connectivity index (χ1) is 8.08. The van der Waals surface area contributed by atoms with Gasteiger partial charge in [-0.05, 0) is 12.1 Å². The molecule has 0 unspecified atom stereocenters. The number of nitrogens with two attached hydrogens (primary N) is 1. The van der Waals surface area contributed by atoms with E-state index < -0.39 is 4.92 Å². The normalized spacial score (nSPS) is 10.4. The first-order valence-electron chi connectivity index (χ1n) is 4.77. The number of nitro groups is 1. The van der Waals surface area contributed by atoms with E-state index in [-0.39, 0.29) is 11.4 Å². The van der Waals surface area contributed by atoms with Crippen LogP contribution in [-0.2, 0) is 7.05 Å². The van der Waals surface area contributed by atoms with Crippen LogP contribution in [0.5, 0.6) is 0 Å². The second-order valence-electron chi connectivity index (χ2n) is 3.40. The maximum atomic E-state index is 10.6. The summed E-state index contributed by atoms with van der Waals surface area (Å²) >= 11 is 1.40. The Hall–Kier alpha value is -2.02. The molecule has 2 N–H and O–H groups in total. The van der Waals surface area contributed by atoms with Gasteiger partial charge in [0.1, 0.15) is 5.69 Å². The molecule has 1 aromatic heterocycles. The highest BCUT2D eigenvalue weighted by Gasteiger charge is 2.12. The number of imidazole rings is 1. The number of hydrogen-bond donors (Lipinski definition) is 1. The number of nitrogen functional groups attached to an aromatic ring is 1. The molecule has 0 aliphatic heterocycles. The molecule has 0 amide bonds. The van der Waals surface area contributed by atoms with E-state index in [9.17, 15) is 10.1 Å². The molecular weight excluding hydrogens is 240 g/mol. The Kier molecular flexibility index (Phi) is 3.01. The highest BCUT2D eigenvalue weighted by molar-refractivity contribution is 7.99. The van der Waals surface area contributed by atoms with Crippen LogP contribution in [0.4, 0.5) is 11.4 Å². The Morgan fingerprint density at radius 3 is 2.82 bits per heavy atom. The van der Waals surface area contributed by atoms with Crippen LogP contribution < -0.4 is 5.73 Å². The molecule has 2 rings (SSSR count). The molecule has 17 heavy (non-hydrogen) atoms. The van der Waals surface area contributed by atoms with E-state index in [4.69, 9.17) is 5.73 Å². The van der Waals surface area contributed by atoms with Crippen LogP contribution in [-0.4, -0.2) is 14.5 Å². The van der Waals surface area contributed by atoms with Crippen molar-refractivity contribution >= 4 is 23.1 Å². The van der Waals surface area contributed by atoms with Gasteiger partial charge in [0.25, 0.3) is 5.69 Å². The Morgan fingerprint density at radius 1 is 1.53 bits per heavy atom. The predicted octanol–water partition coefficient (Wildman–Crippen LogP) is 2.06. The summed E-state index contributed by atoms with van der Waals surface area (Å²) in [5, 5.41) is 11.4. The summed E-state index contributed by atoms with van der Waals surface area (Å²) in [6, 6.07) is 4.64. The van der Waals surface area contributed by atoms with Gasteiger partial charge in [-0.25, -0.2) is 4.98 Å². The average Bonchev–Trinajstić information content (AvgIpc) is 2.64. The summed E-state index contributed by atoms with van der Waals surface area (Å²) in [4.78, 5) is 15.1. The second-order valence-corrected chi connectivity index (χ2v) is 4.44. The fourth-order valence-electron chi connectivity index (χ4n) is 1.32. The molecule has 0 bridgehead atoms. The van der Waals surface area contributed by atoms with Crippen molar-refractivity contribution in [2.45, 2.75) is 10.1 Å². The number of rotatable bonds is 3. The van der Waals surface area contributed by atoms with Crippen molar-refractivity contribution in [3.63, 3.8) is 0 Å². The van der Waals surface area contributed by atoms with E-state index in [0.29, 0.717) is 0 Å². The maximum absolute atomic E-state index is 10.6. The summed E-state index contributed by atoms with van der Waals surface area (Å²) in [5.74, 6) is 0. The molecule has 6 nitrogen and oxygen atoms in total. The molecule has 1 aromatic carbocycles. The Bertz CT molecular complexity index is 567. The van der Waals surface area contributed by atoms with Crippen molar-refractivity contribution in [3.8, 4) is 0 Å². The molecule has 88 valence electrons. The van der Waals surface area contributed by atoms with E-state index in [1.54, 1.807) is 18.3 Å². The summed E-state index contributed by atoms with van der Waals surface area (Å²) in [6.07, 6.45) is 3.52. The van der Waals surface area contributed by atoms with Crippen LogP contribution in [0.3, 0.4) is 0 Å². The Labute approximate surface area is 102 Å². The second kappa shape index (κ2) is 4.46. The number of benzene rings is 1. The van der Waals surface area contributed by atoms with Gasteiger partial charge >= 0.3 is 0 Å². The molecule has 2 aromatic rings. The standard InChI is InChI=1S/C10H10N4O2S/c1-13-5-4-12-10(13)17-7-2-3-9(14(15)16)8(11)6-7/h2-6H,11H2,1H3. The molecule has 0 radical (unpaired) electrons. The van der Waals surface area contributed by atoms with Gasteiger partial charge in [-0.2, -0.15) is 0 Å². The largest absolute Gasteiger partial charge is 0.393 e. The lowest BCUT2D eigenvalue weighted by Gasteiger charge is -2.03. The van der Waals surface area contributed by atoms with Crippen LogP contribution in [0.15, 0.2) is 40.6 Å². The van der Waals surface area contributed by atoms with Gasteiger partial charge in [0.05, 0.1) is 4.92 Å². The van der Waals surface area contributed by atoms with E-state index in [2.05, 4.69) is 4.98 Å². The van der Waals surface area contributed by atoms with Gasteiger partial charge in [-0.1, -0.05) is 11.8 Å². The van der Waals surface area contributed by atoms with Gasteiger partial charge in [-0.15, -0.1) is 0 Å². The summed E-state index contributed by atoms with van der Waals surface area (Å²) in [5.41, 5.74) is 5.69. The van der Waals surface area contributed by atoms with Crippen molar-refractivity contribution < 1.29 is 4.92 Å².